The van der Waals surface area contributed by atoms with E-state index in [1.165, 1.54) is 18.2 Å². The van der Waals surface area contributed by atoms with Crippen molar-refractivity contribution in [1.29, 1.82) is 0 Å². The highest BCUT2D eigenvalue weighted by molar-refractivity contribution is 6.45. The first kappa shape index (κ1) is 18.2. The van der Waals surface area contributed by atoms with Gasteiger partial charge in [0, 0.05) is 12.2 Å². The largest absolute Gasteiger partial charge is 0.334 e. The van der Waals surface area contributed by atoms with E-state index in [0.717, 1.165) is 11.3 Å². The lowest BCUT2D eigenvalue weighted by Crippen LogP contribution is -2.39. The van der Waals surface area contributed by atoms with E-state index in [0.29, 0.717) is 22.0 Å². The van der Waals surface area contributed by atoms with Crippen LogP contribution in [0.2, 0.25) is 10.0 Å². The van der Waals surface area contributed by atoms with Crippen molar-refractivity contribution < 1.29 is 19.2 Å². The van der Waals surface area contributed by atoms with Crippen molar-refractivity contribution in [2.24, 2.45) is 0 Å². The van der Waals surface area contributed by atoms with Crippen LogP contribution in [0, 0.1) is 0 Å². The molecule has 1 aromatic carbocycles. The summed E-state index contributed by atoms with van der Waals surface area (Å²) in [7, 11) is 0. The number of unbranched alkanes of at least 4 members (excludes halogenated alkanes) is 1. The number of urea groups is 1. The molecule has 24 heavy (non-hydrogen) atoms. The fourth-order valence-corrected chi connectivity index (χ4v) is 2.42. The molecule has 0 radical (unpaired) electrons. The third-order valence-electron chi connectivity index (χ3n) is 3.38. The number of nitrogens with one attached hydrogen (secondary N) is 1. The lowest BCUT2D eigenvalue weighted by molar-refractivity contribution is -0.143. The maximum Gasteiger partial charge on any atom is 0.334 e. The van der Waals surface area contributed by atoms with Gasteiger partial charge in [-0.25, -0.2) is 9.69 Å². The number of carbonyl (C=O) groups excluding carboxylic acids is 4. The van der Waals surface area contributed by atoms with Gasteiger partial charge in [0.2, 0.25) is 5.91 Å². The number of carbonyl (C=O) groups is 4. The summed E-state index contributed by atoms with van der Waals surface area (Å²) in [6.07, 6.45) is 1.36. The lowest BCUT2D eigenvalue weighted by atomic mass is 10.3. The number of hydrogen-bond donors (Lipinski definition) is 1. The molecule has 0 saturated carbocycles. The number of halogens is 2. The van der Waals surface area contributed by atoms with Crippen molar-refractivity contribution in [3.8, 4) is 0 Å². The van der Waals surface area contributed by atoms with Gasteiger partial charge in [-0.05, 0) is 24.6 Å². The quantitative estimate of drug-likeness (QED) is 0.614. The molecule has 0 bridgehead atoms. The van der Waals surface area contributed by atoms with Crippen LogP contribution >= 0.6 is 23.2 Å². The van der Waals surface area contributed by atoms with E-state index in [1.807, 2.05) is 6.92 Å². The van der Waals surface area contributed by atoms with Gasteiger partial charge >= 0.3 is 17.8 Å². The van der Waals surface area contributed by atoms with E-state index in [9.17, 15) is 19.2 Å². The first-order chi connectivity index (χ1) is 11.3. The van der Waals surface area contributed by atoms with Gasteiger partial charge in [0.1, 0.15) is 6.54 Å². The van der Waals surface area contributed by atoms with Gasteiger partial charge < -0.3 is 5.32 Å². The highest BCUT2D eigenvalue weighted by Crippen LogP contribution is 2.25. The van der Waals surface area contributed by atoms with Gasteiger partial charge in [0.05, 0.1) is 10.0 Å². The van der Waals surface area contributed by atoms with Crippen molar-refractivity contribution in [1.82, 2.24) is 9.80 Å². The number of nitrogens with zero attached hydrogens (tertiary/aromatic N) is 2. The smallest absolute Gasteiger partial charge is 0.324 e. The fourth-order valence-electron chi connectivity index (χ4n) is 2.12. The van der Waals surface area contributed by atoms with Crippen LogP contribution in [0.15, 0.2) is 18.2 Å². The molecule has 0 unspecified atom stereocenters. The summed E-state index contributed by atoms with van der Waals surface area (Å²) >= 11 is 11.6. The van der Waals surface area contributed by atoms with Crippen LogP contribution in [-0.2, 0) is 14.4 Å². The Labute approximate surface area is 148 Å². The number of anilines is 1. The summed E-state index contributed by atoms with van der Waals surface area (Å²) in [6, 6.07) is 3.69. The van der Waals surface area contributed by atoms with Crippen LogP contribution in [0.25, 0.3) is 0 Å². The summed E-state index contributed by atoms with van der Waals surface area (Å²) in [4.78, 5) is 49.3. The van der Waals surface area contributed by atoms with Crippen molar-refractivity contribution in [2.45, 2.75) is 19.8 Å². The van der Waals surface area contributed by atoms with Crippen LogP contribution in [0.4, 0.5) is 10.5 Å². The summed E-state index contributed by atoms with van der Waals surface area (Å²) in [5, 5.41) is 3.08. The average molecular weight is 372 g/mol. The minimum atomic E-state index is -1.000. The van der Waals surface area contributed by atoms with E-state index < -0.39 is 30.3 Å². The molecule has 0 spiro atoms. The fraction of sp³-hybridized carbons (Fsp3) is 0.333. The molecule has 0 aromatic heterocycles. The van der Waals surface area contributed by atoms with Gasteiger partial charge in [-0.2, -0.15) is 0 Å². The van der Waals surface area contributed by atoms with Gasteiger partial charge in [0.15, 0.2) is 0 Å². The molecule has 9 heteroatoms. The lowest BCUT2D eigenvalue weighted by Gasteiger charge is -2.15. The summed E-state index contributed by atoms with van der Waals surface area (Å²) in [5.41, 5.74) is 0.364. The average Bonchev–Trinajstić information content (AvgIpc) is 2.73. The summed E-state index contributed by atoms with van der Waals surface area (Å²) in [6.45, 7) is 1.51. The minimum absolute atomic E-state index is 0.158. The molecule has 1 saturated heterocycles. The van der Waals surface area contributed by atoms with Crippen molar-refractivity contribution in [3.05, 3.63) is 28.2 Å². The Balaban J connectivity index is 2.02. The molecule has 1 aliphatic heterocycles. The van der Waals surface area contributed by atoms with Crippen molar-refractivity contribution in [3.63, 3.8) is 0 Å². The molecule has 1 heterocycles. The first-order valence-corrected chi connectivity index (χ1v) is 8.03. The Morgan fingerprint density at radius 3 is 2.38 bits per heavy atom. The standard InChI is InChI=1S/C15H15Cl2N3O4/c1-2-3-6-19-13(22)14(23)20(15(19)24)8-12(21)18-9-4-5-10(16)11(17)7-9/h4-5,7H,2-3,6,8H2,1H3,(H,18,21). The van der Waals surface area contributed by atoms with Gasteiger partial charge in [0.25, 0.3) is 0 Å². The molecule has 2 rings (SSSR count). The number of benzene rings is 1. The molecular formula is C15H15Cl2N3O4. The Morgan fingerprint density at radius 1 is 1.08 bits per heavy atom. The number of amides is 5. The Kier molecular flexibility index (Phi) is 5.80. The van der Waals surface area contributed by atoms with Crippen LogP contribution in [-0.4, -0.2) is 46.6 Å². The molecule has 1 aliphatic rings. The van der Waals surface area contributed by atoms with E-state index in [-0.39, 0.29) is 11.6 Å². The zero-order chi connectivity index (χ0) is 17.9. The highest BCUT2D eigenvalue weighted by Gasteiger charge is 2.44. The van der Waals surface area contributed by atoms with Gasteiger partial charge in [-0.3, -0.25) is 19.3 Å². The van der Waals surface area contributed by atoms with Crippen LogP contribution < -0.4 is 5.32 Å². The third kappa shape index (κ3) is 3.85. The molecule has 0 atom stereocenters. The Bertz CT molecular complexity index is 708. The van der Waals surface area contributed by atoms with Crippen LogP contribution in [0.1, 0.15) is 19.8 Å². The number of rotatable bonds is 6. The zero-order valence-electron chi connectivity index (χ0n) is 12.8. The third-order valence-corrected chi connectivity index (χ3v) is 4.11. The second kappa shape index (κ2) is 7.63. The minimum Gasteiger partial charge on any atom is -0.324 e. The maximum absolute atomic E-state index is 12.1. The Hall–Kier alpha value is -2.12. The van der Waals surface area contributed by atoms with E-state index in [1.54, 1.807) is 0 Å². The van der Waals surface area contributed by atoms with Crippen LogP contribution in [0.5, 0.6) is 0 Å². The maximum atomic E-state index is 12.1. The SMILES string of the molecule is CCCCN1C(=O)C(=O)N(CC(=O)Nc2ccc(Cl)c(Cl)c2)C1=O. The molecule has 1 fully saturated rings. The molecule has 5 amide bonds. The Morgan fingerprint density at radius 2 is 1.75 bits per heavy atom. The molecule has 0 aliphatic carbocycles. The topological polar surface area (TPSA) is 86.8 Å². The molecule has 7 nitrogen and oxygen atoms in total. The van der Waals surface area contributed by atoms with Crippen LogP contribution in [0.3, 0.4) is 0 Å². The second-order valence-corrected chi connectivity index (χ2v) is 5.98. The predicted octanol–water partition coefficient (Wildman–Crippen LogP) is 2.52. The van der Waals surface area contributed by atoms with E-state index in [2.05, 4.69) is 5.32 Å². The normalized spacial score (nSPS) is 14.5. The zero-order valence-corrected chi connectivity index (χ0v) is 14.4. The van der Waals surface area contributed by atoms with Gasteiger partial charge in [-0.15, -0.1) is 0 Å². The molecule has 1 aromatic rings. The first-order valence-electron chi connectivity index (χ1n) is 7.27. The molecule has 1 N–H and O–H groups in total. The van der Waals surface area contributed by atoms with Crippen molar-refractivity contribution in [2.75, 3.05) is 18.4 Å². The molecule has 128 valence electrons. The van der Waals surface area contributed by atoms with E-state index >= 15 is 0 Å². The molecular weight excluding hydrogens is 357 g/mol. The summed E-state index contributed by atoms with van der Waals surface area (Å²) in [5.74, 6) is -2.53. The van der Waals surface area contributed by atoms with Crippen molar-refractivity contribution >= 4 is 52.6 Å². The predicted molar refractivity (Wildman–Crippen MR) is 88.8 cm³/mol. The van der Waals surface area contributed by atoms with E-state index in [4.69, 9.17) is 23.2 Å². The highest BCUT2D eigenvalue weighted by atomic mass is 35.5. The second-order valence-electron chi connectivity index (χ2n) is 5.16. The monoisotopic (exact) mass is 371 g/mol. The number of hydrogen-bond acceptors (Lipinski definition) is 4. The number of imide groups is 2. The van der Waals surface area contributed by atoms with Gasteiger partial charge in [-0.1, -0.05) is 36.5 Å². The summed E-state index contributed by atoms with van der Waals surface area (Å²) < 4.78 is 0.